The van der Waals surface area contributed by atoms with E-state index in [2.05, 4.69) is 4.98 Å². The van der Waals surface area contributed by atoms with Gasteiger partial charge in [0.05, 0.1) is 17.6 Å². The number of carboxylic acids is 1. The largest absolute Gasteiger partial charge is 0.481 e. The van der Waals surface area contributed by atoms with E-state index in [0.717, 1.165) is 5.56 Å². The van der Waals surface area contributed by atoms with Gasteiger partial charge < -0.3 is 14.7 Å². The first-order valence-corrected chi connectivity index (χ1v) is 9.57. The second-order valence-electron chi connectivity index (χ2n) is 6.00. The highest BCUT2D eigenvalue weighted by molar-refractivity contribution is 7.17. The van der Waals surface area contributed by atoms with E-state index in [-0.39, 0.29) is 24.9 Å². The van der Waals surface area contributed by atoms with Crippen molar-refractivity contribution in [3.05, 3.63) is 40.4 Å². The number of thiazole rings is 1. The molecule has 8 heteroatoms. The quantitative estimate of drug-likeness (QED) is 0.810. The summed E-state index contributed by atoms with van der Waals surface area (Å²) in [5, 5.41) is 10.3. The van der Waals surface area contributed by atoms with E-state index in [1.807, 2.05) is 18.2 Å². The summed E-state index contributed by atoms with van der Waals surface area (Å²) in [6.45, 7) is 1.34. The zero-order valence-corrected chi connectivity index (χ0v) is 15.6. The maximum absolute atomic E-state index is 13.0. The molecule has 3 rings (SSSR count). The normalized spacial score (nSPS) is 15.0. The second kappa shape index (κ2) is 8.62. The zero-order chi connectivity index (χ0) is 18.5. The number of benzene rings is 1. The first kappa shape index (κ1) is 18.8. The summed E-state index contributed by atoms with van der Waals surface area (Å²) < 4.78 is 5.36. The molecule has 1 aromatic carbocycles. The lowest BCUT2D eigenvalue weighted by molar-refractivity contribution is -0.137. The van der Waals surface area contributed by atoms with Crippen molar-refractivity contribution in [2.75, 3.05) is 19.8 Å². The van der Waals surface area contributed by atoms with Crippen molar-refractivity contribution in [3.63, 3.8) is 0 Å². The van der Waals surface area contributed by atoms with Crippen molar-refractivity contribution in [1.29, 1.82) is 0 Å². The van der Waals surface area contributed by atoms with Gasteiger partial charge >= 0.3 is 5.97 Å². The molecule has 138 valence electrons. The van der Waals surface area contributed by atoms with E-state index in [4.69, 9.17) is 21.4 Å². The molecule has 1 amide bonds. The van der Waals surface area contributed by atoms with Crippen LogP contribution in [0.25, 0.3) is 10.6 Å². The molecule has 0 aliphatic carbocycles. The molecule has 1 aromatic heterocycles. The smallest absolute Gasteiger partial charge is 0.305 e. The van der Waals surface area contributed by atoms with Crippen LogP contribution in [-0.2, 0) is 9.53 Å². The van der Waals surface area contributed by atoms with E-state index >= 15 is 0 Å². The van der Waals surface area contributed by atoms with E-state index in [0.29, 0.717) is 41.0 Å². The molecule has 26 heavy (non-hydrogen) atoms. The Balaban J connectivity index is 1.82. The van der Waals surface area contributed by atoms with E-state index < -0.39 is 5.97 Å². The molecule has 2 aromatic rings. The molecule has 1 fully saturated rings. The van der Waals surface area contributed by atoms with E-state index in [1.54, 1.807) is 17.2 Å². The molecule has 0 atom stereocenters. The van der Waals surface area contributed by atoms with E-state index in [1.165, 1.54) is 11.3 Å². The summed E-state index contributed by atoms with van der Waals surface area (Å²) >= 11 is 7.48. The molecule has 0 saturated carbocycles. The van der Waals surface area contributed by atoms with Crippen molar-refractivity contribution >= 4 is 34.8 Å². The molecule has 1 N–H and O–H groups in total. The molecule has 0 radical (unpaired) electrons. The van der Waals surface area contributed by atoms with Gasteiger partial charge in [0.25, 0.3) is 5.91 Å². The summed E-state index contributed by atoms with van der Waals surface area (Å²) in [6, 6.07) is 7.33. The van der Waals surface area contributed by atoms with Crippen LogP contribution < -0.4 is 0 Å². The van der Waals surface area contributed by atoms with Crippen molar-refractivity contribution in [2.24, 2.45) is 0 Å². The topological polar surface area (TPSA) is 79.7 Å². The van der Waals surface area contributed by atoms with Crippen LogP contribution in [0, 0.1) is 0 Å². The lowest BCUT2D eigenvalue weighted by atomic mass is 10.1. The van der Waals surface area contributed by atoms with Gasteiger partial charge in [-0.2, -0.15) is 0 Å². The Morgan fingerprint density at radius 3 is 2.73 bits per heavy atom. The minimum absolute atomic E-state index is 0.0125. The fourth-order valence-corrected chi connectivity index (χ4v) is 4.13. The second-order valence-corrected chi connectivity index (χ2v) is 7.43. The number of rotatable bonds is 6. The van der Waals surface area contributed by atoms with Gasteiger partial charge in [-0.1, -0.05) is 29.8 Å². The zero-order valence-electron chi connectivity index (χ0n) is 14.1. The minimum Gasteiger partial charge on any atom is -0.481 e. The van der Waals surface area contributed by atoms with E-state index in [9.17, 15) is 9.59 Å². The van der Waals surface area contributed by atoms with Crippen LogP contribution in [0.2, 0.25) is 5.02 Å². The molecule has 1 aliphatic heterocycles. The van der Waals surface area contributed by atoms with Gasteiger partial charge in [0, 0.05) is 31.4 Å². The molecular formula is C18H19ClN2O4S. The average molecular weight is 395 g/mol. The maximum atomic E-state index is 13.0. The van der Waals surface area contributed by atoms with Crippen LogP contribution in [0.1, 0.15) is 28.9 Å². The number of nitrogens with zero attached hydrogens (tertiary/aromatic N) is 2. The SMILES string of the molecule is O=C(O)CCN(C(=O)c1cnc(-c2ccccc2Cl)s1)C1CCOCC1. The molecule has 0 spiro atoms. The van der Waals surface area contributed by atoms with Crippen LogP contribution in [0.5, 0.6) is 0 Å². The summed E-state index contributed by atoms with van der Waals surface area (Å²) in [5.41, 5.74) is 0.779. The molecule has 2 heterocycles. The Hall–Kier alpha value is -1.96. The Kier molecular flexibility index (Phi) is 6.24. The summed E-state index contributed by atoms with van der Waals surface area (Å²) in [7, 11) is 0. The third kappa shape index (κ3) is 4.41. The Labute approximate surface area is 160 Å². The Morgan fingerprint density at radius 1 is 1.31 bits per heavy atom. The van der Waals surface area contributed by atoms with Gasteiger partial charge in [0.15, 0.2) is 0 Å². The van der Waals surface area contributed by atoms with Crippen LogP contribution in [-0.4, -0.2) is 52.7 Å². The molecule has 1 saturated heterocycles. The first-order chi connectivity index (χ1) is 12.6. The highest BCUT2D eigenvalue weighted by Gasteiger charge is 2.28. The molecule has 0 unspecified atom stereocenters. The van der Waals surface area contributed by atoms with Crippen molar-refractivity contribution in [2.45, 2.75) is 25.3 Å². The lowest BCUT2D eigenvalue weighted by Gasteiger charge is -2.33. The van der Waals surface area contributed by atoms with Crippen molar-refractivity contribution in [3.8, 4) is 10.6 Å². The predicted molar refractivity (Wildman–Crippen MR) is 99.7 cm³/mol. The third-order valence-electron chi connectivity index (χ3n) is 4.28. The summed E-state index contributed by atoms with van der Waals surface area (Å²) in [6.07, 6.45) is 2.88. The Bertz CT molecular complexity index is 789. The lowest BCUT2D eigenvalue weighted by Crippen LogP contribution is -2.44. The summed E-state index contributed by atoms with van der Waals surface area (Å²) in [4.78, 5) is 30.5. The fraction of sp³-hybridized carbons (Fsp3) is 0.389. The monoisotopic (exact) mass is 394 g/mol. The summed E-state index contributed by atoms with van der Waals surface area (Å²) in [5.74, 6) is -1.11. The molecule has 0 bridgehead atoms. The number of hydrogen-bond donors (Lipinski definition) is 1. The number of carboxylic acid groups (broad SMARTS) is 1. The number of carbonyl (C=O) groups is 2. The number of ether oxygens (including phenoxy) is 1. The van der Waals surface area contributed by atoms with Crippen LogP contribution in [0.15, 0.2) is 30.5 Å². The number of halogens is 1. The van der Waals surface area contributed by atoms with Crippen molar-refractivity contribution < 1.29 is 19.4 Å². The van der Waals surface area contributed by atoms with Crippen LogP contribution in [0.4, 0.5) is 0 Å². The van der Waals surface area contributed by atoms with Gasteiger partial charge in [-0.3, -0.25) is 9.59 Å². The minimum atomic E-state index is -0.920. The van der Waals surface area contributed by atoms with Crippen LogP contribution >= 0.6 is 22.9 Å². The maximum Gasteiger partial charge on any atom is 0.305 e. The number of carbonyl (C=O) groups excluding carboxylic acids is 1. The number of aliphatic carboxylic acids is 1. The average Bonchev–Trinajstić information content (AvgIpc) is 3.12. The van der Waals surface area contributed by atoms with Crippen molar-refractivity contribution in [1.82, 2.24) is 9.88 Å². The highest BCUT2D eigenvalue weighted by atomic mass is 35.5. The van der Waals surface area contributed by atoms with Gasteiger partial charge in [0.1, 0.15) is 9.88 Å². The number of aromatic nitrogens is 1. The molecular weight excluding hydrogens is 376 g/mol. The van der Waals surface area contributed by atoms with Gasteiger partial charge in [-0.05, 0) is 18.9 Å². The number of hydrogen-bond acceptors (Lipinski definition) is 5. The first-order valence-electron chi connectivity index (χ1n) is 8.37. The van der Waals surface area contributed by atoms with Gasteiger partial charge in [-0.15, -0.1) is 11.3 Å². The molecule has 1 aliphatic rings. The molecule has 6 nitrogen and oxygen atoms in total. The third-order valence-corrected chi connectivity index (χ3v) is 5.63. The highest BCUT2D eigenvalue weighted by Crippen LogP contribution is 2.32. The van der Waals surface area contributed by atoms with Gasteiger partial charge in [-0.25, -0.2) is 4.98 Å². The predicted octanol–water partition coefficient (Wildman–Crippen LogP) is 3.56. The van der Waals surface area contributed by atoms with Gasteiger partial charge in [0.2, 0.25) is 0 Å². The number of amides is 1. The standard InChI is InChI=1S/C18H19ClN2O4S/c19-14-4-2-1-3-13(14)17-20-11-15(26-17)18(24)21(8-5-16(22)23)12-6-9-25-10-7-12/h1-4,11-12H,5-10H2,(H,22,23). The Morgan fingerprint density at radius 2 is 2.04 bits per heavy atom. The fourth-order valence-electron chi connectivity index (χ4n) is 2.94. The van der Waals surface area contributed by atoms with Crippen LogP contribution in [0.3, 0.4) is 0 Å².